The van der Waals surface area contributed by atoms with Crippen molar-refractivity contribution >= 4 is 17.4 Å². The van der Waals surface area contributed by atoms with Crippen molar-refractivity contribution in [3.8, 4) is 0 Å². The number of urea groups is 1. The molecule has 0 unspecified atom stereocenters. The van der Waals surface area contributed by atoms with Crippen molar-refractivity contribution in [1.82, 2.24) is 20.4 Å². The molecule has 1 fully saturated rings. The molecular weight excluding hydrogens is 296 g/mol. The lowest BCUT2D eigenvalue weighted by Gasteiger charge is -2.35. The number of thiophene rings is 1. The zero-order chi connectivity index (χ0) is 15.4. The van der Waals surface area contributed by atoms with Crippen LogP contribution in [0.15, 0.2) is 29.9 Å². The molecule has 3 heterocycles. The number of carbonyl (C=O) groups excluding carboxylic acids is 1. The second-order valence-electron chi connectivity index (χ2n) is 5.84. The second-order valence-corrected chi connectivity index (χ2v) is 6.82. The van der Waals surface area contributed by atoms with Gasteiger partial charge in [-0.15, -0.1) is 11.3 Å². The molecule has 1 saturated heterocycles. The smallest absolute Gasteiger partial charge is 0.317 e. The minimum absolute atomic E-state index is 0.0364. The van der Waals surface area contributed by atoms with Gasteiger partial charge < -0.3 is 10.2 Å². The van der Waals surface area contributed by atoms with E-state index in [-0.39, 0.29) is 12.1 Å². The predicted octanol–water partition coefficient (Wildman–Crippen LogP) is 3.51. The van der Waals surface area contributed by atoms with Crippen LogP contribution in [0, 0.1) is 0 Å². The third kappa shape index (κ3) is 3.32. The van der Waals surface area contributed by atoms with E-state index < -0.39 is 0 Å². The van der Waals surface area contributed by atoms with Crippen LogP contribution in [0.2, 0.25) is 0 Å². The zero-order valence-corrected chi connectivity index (χ0v) is 13.6. The summed E-state index contributed by atoms with van der Waals surface area (Å²) in [5.74, 6) is 0.348. The van der Waals surface area contributed by atoms with Crippen LogP contribution in [-0.4, -0.2) is 34.2 Å². The number of aromatic nitrogens is 2. The molecule has 2 N–H and O–H groups in total. The fourth-order valence-corrected chi connectivity index (χ4v) is 3.77. The van der Waals surface area contributed by atoms with Crippen molar-refractivity contribution in [1.29, 1.82) is 0 Å². The van der Waals surface area contributed by atoms with Crippen molar-refractivity contribution in [3.05, 3.63) is 40.3 Å². The molecule has 1 aliphatic heterocycles. The molecule has 0 radical (unpaired) electrons. The number of hydrogen-bond acceptors (Lipinski definition) is 3. The SMILES string of the molecule is C[C@@H](CNC(=O)N1CCCC[C@H]1c1cn[nH]c1)c1cccs1. The number of nitrogens with one attached hydrogen (secondary N) is 2. The second kappa shape index (κ2) is 6.96. The number of piperidine rings is 1. The van der Waals surface area contributed by atoms with Crippen LogP contribution in [0.5, 0.6) is 0 Å². The van der Waals surface area contributed by atoms with E-state index in [9.17, 15) is 4.79 Å². The standard InChI is InChI=1S/C16H22N4OS/c1-12(15-6-4-8-22-15)9-17-16(21)20-7-3-2-5-14(20)13-10-18-19-11-13/h4,6,8,10-12,14H,2-3,5,7,9H2,1H3,(H,17,21)(H,18,19)/t12-,14-/m0/s1. The Kier molecular flexibility index (Phi) is 4.77. The van der Waals surface area contributed by atoms with E-state index in [1.54, 1.807) is 11.3 Å². The topological polar surface area (TPSA) is 61.0 Å². The van der Waals surface area contributed by atoms with Gasteiger partial charge in [-0.1, -0.05) is 13.0 Å². The lowest BCUT2D eigenvalue weighted by atomic mass is 9.98. The third-order valence-corrected chi connectivity index (χ3v) is 5.36. The predicted molar refractivity (Wildman–Crippen MR) is 88.0 cm³/mol. The van der Waals surface area contributed by atoms with Gasteiger partial charge in [0.1, 0.15) is 0 Å². The molecule has 0 aromatic carbocycles. The van der Waals surface area contributed by atoms with Gasteiger partial charge >= 0.3 is 6.03 Å². The molecule has 118 valence electrons. The van der Waals surface area contributed by atoms with Crippen molar-refractivity contribution in [3.63, 3.8) is 0 Å². The normalized spacial score (nSPS) is 19.9. The van der Waals surface area contributed by atoms with Crippen LogP contribution >= 0.6 is 11.3 Å². The number of aromatic amines is 1. The largest absolute Gasteiger partial charge is 0.337 e. The first-order chi connectivity index (χ1) is 10.8. The summed E-state index contributed by atoms with van der Waals surface area (Å²) in [6, 6.07) is 4.35. The van der Waals surface area contributed by atoms with Gasteiger partial charge in [0, 0.05) is 35.6 Å². The molecule has 1 aliphatic rings. The van der Waals surface area contributed by atoms with Crippen LogP contribution in [0.3, 0.4) is 0 Å². The first-order valence-corrected chi connectivity index (χ1v) is 8.70. The Morgan fingerprint density at radius 1 is 1.59 bits per heavy atom. The molecule has 6 heteroatoms. The summed E-state index contributed by atoms with van der Waals surface area (Å²) in [6.07, 6.45) is 6.95. The maximum absolute atomic E-state index is 12.6. The molecule has 0 spiro atoms. The van der Waals surface area contributed by atoms with Crippen LogP contribution in [0.25, 0.3) is 0 Å². The van der Waals surface area contributed by atoms with Gasteiger partial charge in [0.05, 0.1) is 12.2 Å². The number of nitrogens with zero attached hydrogens (tertiary/aromatic N) is 2. The molecule has 5 nitrogen and oxygen atoms in total. The van der Waals surface area contributed by atoms with Crippen LogP contribution < -0.4 is 5.32 Å². The highest BCUT2D eigenvalue weighted by molar-refractivity contribution is 7.10. The van der Waals surface area contributed by atoms with Crippen LogP contribution in [0.1, 0.15) is 48.6 Å². The fourth-order valence-electron chi connectivity index (χ4n) is 2.98. The van der Waals surface area contributed by atoms with Crippen LogP contribution in [-0.2, 0) is 0 Å². The Hall–Kier alpha value is -1.82. The molecule has 22 heavy (non-hydrogen) atoms. The van der Waals surface area contributed by atoms with Crippen molar-refractivity contribution in [2.75, 3.05) is 13.1 Å². The lowest BCUT2D eigenvalue weighted by Crippen LogP contribution is -2.45. The first-order valence-electron chi connectivity index (χ1n) is 7.82. The van der Waals surface area contributed by atoms with E-state index in [0.717, 1.165) is 31.4 Å². The Labute approximate surface area is 134 Å². The van der Waals surface area contributed by atoms with Gasteiger partial charge in [0.25, 0.3) is 0 Å². The highest BCUT2D eigenvalue weighted by Crippen LogP contribution is 2.30. The summed E-state index contributed by atoms with van der Waals surface area (Å²) >= 11 is 1.74. The molecule has 0 aliphatic carbocycles. The highest BCUT2D eigenvalue weighted by Gasteiger charge is 2.28. The fraction of sp³-hybridized carbons (Fsp3) is 0.500. The van der Waals surface area contributed by atoms with E-state index in [4.69, 9.17) is 0 Å². The van der Waals surface area contributed by atoms with Gasteiger partial charge in [0.15, 0.2) is 0 Å². The number of likely N-dealkylation sites (tertiary alicyclic amines) is 1. The van der Waals surface area contributed by atoms with Gasteiger partial charge in [0.2, 0.25) is 0 Å². The Morgan fingerprint density at radius 2 is 2.50 bits per heavy atom. The van der Waals surface area contributed by atoms with E-state index >= 15 is 0 Å². The van der Waals surface area contributed by atoms with Gasteiger partial charge in [-0.3, -0.25) is 5.10 Å². The highest BCUT2D eigenvalue weighted by atomic mass is 32.1. The Morgan fingerprint density at radius 3 is 3.23 bits per heavy atom. The Balaban J connectivity index is 1.60. The van der Waals surface area contributed by atoms with Gasteiger partial charge in [-0.25, -0.2) is 4.79 Å². The van der Waals surface area contributed by atoms with Crippen molar-refractivity contribution in [2.45, 2.75) is 38.1 Å². The first kappa shape index (κ1) is 15.1. The maximum atomic E-state index is 12.6. The number of rotatable bonds is 4. The van der Waals surface area contributed by atoms with E-state index in [0.29, 0.717) is 12.5 Å². The number of carbonyl (C=O) groups is 1. The summed E-state index contributed by atoms with van der Waals surface area (Å²) in [4.78, 5) is 15.8. The monoisotopic (exact) mass is 318 g/mol. The number of H-pyrrole nitrogens is 1. The zero-order valence-electron chi connectivity index (χ0n) is 12.8. The summed E-state index contributed by atoms with van der Waals surface area (Å²) in [7, 11) is 0. The Bertz CT molecular complexity index is 581. The minimum Gasteiger partial charge on any atom is -0.337 e. The van der Waals surface area contributed by atoms with Crippen LogP contribution in [0.4, 0.5) is 4.79 Å². The molecule has 0 bridgehead atoms. The molecular formula is C16H22N4OS. The maximum Gasteiger partial charge on any atom is 0.317 e. The molecule has 3 rings (SSSR count). The minimum atomic E-state index is 0.0364. The molecule has 2 aromatic rings. The van der Waals surface area contributed by atoms with Crippen molar-refractivity contribution in [2.24, 2.45) is 0 Å². The average Bonchev–Trinajstić information content (AvgIpc) is 3.24. The van der Waals surface area contributed by atoms with E-state index in [1.165, 1.54) is 4.88 Å². The molecule has 2 atom stereocenters. The summed E-state index contributed by atoms with van der Waals surface area (Å²) in [5, 5.41) is 12.0. The van der Waals surface area contributed by atoms with Crippen molar-refractivity contribution < 1.29 is 4.79 Å². The summed E-state index contributed by atoms with van der Waals surface area (Å²) in [5.41, 5.74) is 1.10. The molecule has 2 amide bonds. The lowest BCUT2D eigenvalue weighted by molar-refractivity contribution is 0.151. The summed E-state index contributed by atoms with van der Waals surface area (Å²) in [6.45, 7) is 3.64. The number of amides is 2. The molecule has 0 saturated carbocycles. The number of hydrogen-bond donors (Lipinski definition) is 2. The van der Waals surface area contributed by atoms with E-state index in [1.807, 2.05) is 17.3 Å². The van der Waals surface area contributed by atoms with E-state index in [2.05, 4.69) is 40.0 Å². The van der Waals surface area contributed by atoms with Gasteiger partial charge in [-0.05, 0) is 30.7 Å². The summed E-state index contributed by atoms with van der Waals surface area (Å²) < 4.78 is 0. The van der Waals surface area contributed by atoms with Gasteiger partial charge in [-0.2, -0.15) is 5.10 Å². The average molecular weight is 318 g/mol. The third-order valence-electron chi connectivity index (χ3n) is 4.26. The molecule has 2 aromatic heterocycles. The quantitative estimate of drug-likeness (QED) is 0.906.